The first-order chi connectivity index (χ1) is 7.76. The van der Waals surface area contributed by atoms with Crippen molar-refractivity contribution in [1.82, 2.24) is 5.32 Å². The first-order valence-electron chi connectivity index (χ1n) is 4.88. The Morgan fingerprint density at radius 1 is 1.44 bits per heavy atom. The maximum atomic E-state index is 11.3. The fourth-order valence-electron chi connectivity index (χ4n) is 1.14. The van der Waals surface area contributed by atoms with E-state index in [-0.39, 0.29) is 6.03 Å². The monoisotopic (exact) mass is 215 g/mol. The molecule has 0 spiro atoms. The quantitative estimate of drug-likeness (QED) is 0.755. The molecule has 4 nitrogen and oxygen atoms in total. The summed E-state index contributed by atoms with van der Waals surface area (Å²) in [4.78, 5) is 11.3. The highest BCUT2D eigenvalue weighted by Gasteiger charge is 1.99. The van der Waals surface area contributed by atoms with Crippen molar-refractivity contribution >= 4 is 11.7 Å². The number of amides is 2. The lowest BCUT2D eigenvalue weighted by Gasteiger charge is -2.05. The summed E-state index contributed by atoms with van der Waals surface area (Å²) in [5.41, 5.74) is 1.63. The molecule has 82 valence electrons. The van der Waals surface area contributed by atoms with Crippen molar-refractivity contribution in [3.05, 3.63) is 42.5 Å². The minimum absolute atomic E-state index is 0.270. The van der Waals surface area contributed by atoms with Gasteiger partial charge in [-0.1, -0.05) is 18.2 Å². The number of urea groups is 1. The average molecular weight is 215 g/mol. The van der Waals surface area contributed by atoms with Gasteiger partial charge in [0.15, 0.2) is 0 Å². The normalized spacial score (nSPS) is 8.94. The zero-order valence-corrected chi connectivity index (χ0v) is 8.86. The maximum absolute atomic E-state index is 11.3. The summed E-state index contributed by atoms with van der Waals surface area (Å²) < 4.78 is 0. The Kier molecular flexibility index (Phi) is 4.61. The summed E-state index contributed by atoms with van der Waals surface area (Å²) in [5.74, 6) is 0. The minimum atomic E-state index is -0.270. The highest BCUT2D eigenvalue weighted by molar-refractivity contribution is 5.89. The summed E-state index contributed by atoms with van der Waals surface area (Å²) in [6.45, 7) is 3.93. The van der Waals surface area contributed by atoms with Gasteiger partial charge in [-0.2, -0.15) is 5.26 Å². The molecule has 16 heavy (non-hydrogen) atoms. The van der Waals surface area contributed by atoms with Gasteiger partial charge in [0.25, 0.3) is 0 Å². The lowest BCUT2D eigenvalue weighted by atomic mass is 10.1. The van der Waals surface area contributed by atoms with Gasteiger partial charge in [-0.3, -0.25) is 0 Å². The molecule has 0 aromatic heterocycles. The molecule has 0 saturated carbocycles. The molecule has 1 rings (SSSR count). The van der Waals surface area contributed by atoms with Gasteiger partial charge in [0.05, 0.1) is 12.5 Å². The third-order valence-electron chi connectivity index (χ3n) is 1.90. The molecule has 0 bridgehead atoms. The number of nitrogens with one attached hydrogen (secondary N) is 2. The topological polar surface area (TPSA) is 64.9 Å². The first kappa shape index (κ1) is 11.8. The molecule has 0 saturated heterocycles. The Bertz CT molecular complexity index is 403. The molecular formula is C12H13N3O. The smallest absolute Gasteiger partial charge is 0.319 e. The van der Waals surface area contributed by atoms with Crippen molar-refractivity contribution in [1.29, 1.82) is 5.26 Å². The van der Waals surface area contributed by atoms with Crippen molar-refractivity contribution in [2.75, 3.05) is 11.9 Å². The van der Waals surface area contributed by atoms with Crippen LogP contribution in [-0.4, -0.2) is 12.6 Å². The van der Waals surface area contributed by atoms with Gasteiger partial charge in [-0.05, 0) is 17.7 Å². The molecule has 2 N–H and O–H groups in total. The average Bonchev–Trinajstić information content (AvgIpc) is 2.29. The van der Waals surface area contributed by atoms with E-state index in [2.05, 4.69) is 23.3 Å². The molecule has 0 heterocycles. The van der Waals surface area contributed by atoms with Crippen LogP contribution in [-0.2, 0) is 6.42 Å². The van der Waals surface area contributed by atoms with Crippen LogP contribution in [0.15, 0.2) is 36.9 Å². The third-order valence-corrected chi connectivity index (χ3v) is 1.90. The Hall–Kier alpha value is -2.28. The highest BCUT2D eigenvalue weighted by Crippen LogP contribution is 2.09. The van der Waals surface area contributed by atoms with Gasteiger partial charge >= 0.3 is 6.03 Å². The Morgan fingerprint density at radius 3 is 2.69 bits per heavy atom. The summed E-state index contributed by atoms with van der Waals surface area (Å²) in [7, 11) is 0. The van der Waals surface area contributed by atoms with Crippen molar-refractivity contribution in [2.45, 2.75) is 6.42 Å². The maximum Gasteiger partial charge on any atom is 0.319 e. The van der Waals surface area contributed by atoms with Crippen LogP contribution in [0.3, 0.4) is 0 Å². The summed E-state index contributed by atoms with van der Waals surface area (Å²) in [6, 6.07) is 8.94. The van der Waals surface area contributed by atoms with Crippen LogP contribution in [0.5, 0.6) is 0 Å². The van der Waals surface area contributed by atoms with Crippen LogP contribution in [0.25, 0.3) is 0 Å². The number of carbonyl (C=O) groups excluding carboxylic acids is 1. The largest absolute Gasteiger partial charge is 0.334 e. The van der Waals surface area contributed by atoms with E-state index >= 15 is 0 Å². The number of hydrogen-bond acceptors (Lipinski definition) is 2. The van der Waals surface area contributed by atoms with Gasteiger partial charge in [0, 0.05) is 12.2 Å². The van der Waals surface area contributed by atoms with E-state index in [0.29, 0.717) is 18.7 Å². The molecule has 1 aromatic rings. The molecule has 0 atom stereocenters. The van der Waals surface area contributed by atoms with Crippen LogP contribution in [0.1, 0.15) is 5.56 Å². The van der Waals surface area contributed by atoms with E-state index in [0.717, 1.165) is 5.56 Å². The second-order valence-corrected chi connectivity index (χ2v) is 3.16. The van der Waals surface area contributed by atoms with Crippen LogP contribution < -0.4 is 10.6 Å². The van der Waals surface area contributed by atoms with Crippen LogP contribution in [0.4, 0.5) is 10.5 Å². The standard InChI is InChI=1S/C12H13N3O/c1-2-9-14-12(16)15-11-5-3-10(4-6-11)7-8-13/h2-6H,1,7,9H2,(H2,14,15,16). The number of anilines is 1. The second kappa shape index (κ2) is 6.25. The summed E-state index contributed by atoms with van der Waals surface area (Å²) in [5, 5.41) is 13.8. The molecular weight excluding hydrogens is 202 g/mol. The van der Waals surface area contributed by atoms with Crippen molar-refractivity contribution in [3.63, 3.8) is 0 Å². The van der Waals surface area contributed by atoms with Gasteiger partial charge in [0.2, 0.25) is 0 Å². The van der Waals surface area contributed by atoms with Crippen molar-refractivity contribution < 1.29 is 4.79 Å². The molecule has 2 amide bonds. The Morgan fingerprint density at radius 2 is 2.12 bits per heavy atom. The van der Waals surface area contributed by atoms with E-state index in [1.54, 1.807) is 18.2 Å². The van der Waals surface area contributed by atoms with Gasteiger partial charge in [-0.15, -0.1) is 6.58 Å². The molecule has 0 aliphatic carbocycles. The number of nitriles is 1. The molecule has 0 unspecified atom stereocenters. The number of benzene rings is 1. The number of rotatable bonds is 4. The minimum Gasteiger partial charge on any atom is -0.334 e. The van der Waals surface area contributed by atoms with Crippen LogP contribution >= 0.6 is 0 Å². The number of nitrogens with zero attached hydrogens (tertiary/aromatic N) is 1. The van der Waals surface area contributed by atoms with Crippen molar-refractivity contribution in [3.8, 4) is 6.07 Å². The summed E-state index contributed by atoms with van der Waals surface area (Å²) in [6.07, 6.45) is 1.98. The SMILES string of the molecule is C=CCNC(=O)Nc1ccc(CC#N)cc1. The predicted molar refractivity (Wildman–Crippen MR) is 63.0 cm³/mol. The van der Waals surface area contributed by atoms with E-state index in [1.807, 2.05) is 12.1 Å². The number of carbonyl (C=O) groups is 1. The Labute approximate surface area is 94.6 Å². The molecule has 0 aliphatic heterocycles. The lowest BCUT2D eigenvalue weighted by molar-refractivity contribution is 0.253. The van der Waals surface area contributed by atoms with Crippen LogP contribution in [0, 0.1) is 11.3 Å². The van der Waals surface area contributed by atoms with Crippen LogP contribution in [0.2, 0.25) is 0 Å². The highest BCUT2D eigenvalue weighted by atomic mass is 16.2. The molecule has 0 aliphatic rings. The van der Waals surface area contributed by atoms with E-state index in [1.165, 1.54) is 0 Å². The number of hydrogen-bond donors (Lipinski definition) is 2. The lowest BCUT2D eigenvalue weighted by Crippen LogP contribution is -2.28. The third kappa shape index (κ3) is 3.84. The van der Waals surface area contributed by atoms with E-state index < -0.39 is 0 Å². The van der Waals surface area contributed by atoms with Crippen molar-refractivity contribution in [2.24, 2.45) is 0 Å². The zero-order chi connectivity index (χ0) is 11.8. The Balaban J connectivity index is 2.52. The fraction of sp³-hybridized carbons (Fsp3) is 0.167. The molecule has 0 fully saturated rings. The first-order valence-corrected chi connectivity index (χ1v) is 4.88. The van der Waals surface area contributed by atoms with Gasteiger partial charge in [-0.25, -0.2) is 4.79 Å². The molecule has 1 aromatic carbocycles. The van der Waals surface area contributed by atoms with Gasteiger partial charge in [0.1, 0.15) is 0 Å². The summed E-state index contributed by atoms with van der Waals surface area (Å²) >= 11 is 0. The van der Waals surface area contributed by atoms with Gasteiger partial charge < -0.3 is 10.6 Å². The molecule has 0 radical (unpaired) electrons. The molecule has 4 heteroatoms. The van der Waals surface area contributed by atoms with E-state index in [9.17, 15) is 4.79 Å². The predicted octanol–water partition coefficient (Wildman–Crippen LogP) is 2.06. The second-order valence-electron chi connectivity index (χ2n) is 3.16. The fourth-order valence-corrected chi connectivity index (χ4v) is 1.14. The zero-order valence-electron chi connectivity index (χ0n) is 8.86. The van der Waals surface area contributed by atoms with E-state index in [4.69, 9.17) is 5.26 Å².